The Kier molecular flexibility index (Phi) is 3.18. The van der Waals surface area contributed by atoms with E-state index in [1.54, 1.807) is 24.5 Å². The summed E-state index contributed by atoms with van der Waals surface area (Å²) in [5, 5.41) is 11.0. The van der Waals surface area contributed by atoms with Crippen molar-refractivity contribution >= 4 is 0 Å². The third-order valence-electron chi connectivity index (χ3n) is 3.77. The second-order valence-corrected chi connectivity index (χ2v) is 5.00. The number of hydrogen-bond acceptors (Lipinski definition) is 3. The maximum atomic E-state index is 13.3. The molecule has 1 aromatic carbocycles. The van der Waals surface area contributed by atoms with Crippen molar-refractivity contribution in [3.8, 4) is 5.75 Å². The quantitative estimate of drug-likeness (QED) is 0.935. The number of hydrogen-bond donors (Lipinski definition) is 1. The van der Waals surface area contributed by atoms with Crippen molar-refractivity contribution in [2.75, 3.05) is 6.61 Å². The standard InChI is InChI=1S/C16H16FNO2/c1-2-20-14-8-12(9-18-10-14)16(19)6-5-11-7-13(17)3-4-15(11)16/h3-4,7-10,19H,2,5-6H2,1H3. The van der Waals surface area contributed by atoms with Crippen molar-refractivity contribution in [1.29, 1.82) is 0 Å². The van der Waals surface area contributed by atoms with Crippen LogP contribution < -0.4 is 4.74 Å². The first-order chi connectivity index (χ1) is 9.63. The van der Waals surface area contributed by atoms with Gasteiger partial charge in [-0.25, -0.2) is 4.39 Å². The first kappa shape index (κ1) is 13.1. The molecule has 1 unspecified atom stereocenters. The third kappa shape index (κ3) is 2.06. The molecule has 4 heteroatoms. The molecule has 20 heavy (non-hydrogen) atoms. The highest BCUT2D eigenvalue weighted by molar-refractivity contribution is 5.45. The minimum atomic E-state index is -1.11. The molecule has 1 aromatic heterocycles. The number of pyridine rings is 1. The lowest BCUT2D eigenvalue weighted by Crippen LogP contribution is -2.24. The predicted molar refractivity (Wildman–Crippen MR) is 73.1 cm³/mol. The fourth-order valence-corrected chi connectivity index (χ4v) is 2.81. The monoisotopic (exact) mass is 273 g/mol. The molecule has 2 aromatic rings. The highest BCUT2D eigenvalue weighted by Gasteiger charge is 2.38. The van der Waals surface area contributed by atoms with Crippen LogP contribution in [0, 0.1) is 5.82 Å². The van der Waals surface area contributed by atoms with E-state index in [0.29, 0.717) is 30.8 Å². The van der Waals surface area contributed by atoms with Crippen LogP contribution in [0.1, 0.15) is 30.0 Å². The number of halogens is 1. The number of nitrogens with zero attached hydrogens (tertiary/aromatic N) is 1. The maximum Gasteiger partial charge on any atom is 0.137 e. The first-order valence-corrected chi connectivity index (χ1v) is 6.73. The lowest BCUT2D eigenvalue weighted by molar-refractivity contribution is 0.0822. The van der Waals surface area contributed by atoms with Gasteiger partial charge >= 0.3 is 0 Å². The molecule has 104 valence electrons. The van der Waals surface area contributed by atoms with Crippen LogP contribution in [-0.4, -0.2) is 16.7 Å². The summed E-state index contributed by atoms with van der Waals surface area (Å²) >= 11 is 0. The van der Waals surface area contributed by atoms with Crippen LogP contribution >= 0.6 is 0 Å². The highest BCUT2D eigenvalue weighted by Crippen LogP contribution is 2.42. The summed E-state index contributed by atoms with van der Waals surface area (Å²) < 4.78 is 18.7. The summed E-state index contributed by atoms with van der Waals surface area (Å²) in [5.74, 6) is 0.364. The molecule has 1 aliphatic rings. The molecule has 1 N–H and O–H groups in total. The molecule has 0 radical (unpaired) electrons. The summed E-state index contributed by atoms with van der Waals surface area (Å²) in [6.45, 7) is 2.44. The molecular formula is C16H16FNO2. The van der Waals surface area contributed by atoms with Crippen molar-refractivity contribution in [1.82, 2.24) is 4.98 Å². The van der Waals surface area contributed by atoms with Gasteiger partial charge in [-0.15, -0.1) is 0 Å². The molecule has 0 spiro atoms. The van der Waals surface area contributed by atoms with Gasteiger partial charge in [-0.1, -0.05) is 6.07 Å². The zero-order chi connectivity index (χ0) is 14.2. The zero-order valence-corrected chi connectivity index (χ0v) is 11.3. The van der Waals surface area contributed by atoms with Crippen LogP contribution in [0.2, 0.25) is 0 Å². The van der Waals surface area contributed by atoms with Gasteiger partial charge in [-0.05, 0) is 49.1 Å². The molecule has 1 aliphatic carbocycles. The summed E-state index contributed by atoms with van der Waals surface area (Å²) in [5.41, 5.74) is 1.20. The second-order valence-electron chi connectivity index (χ2n) is 5.00. The normalized spacial score (nSPS) is 20.8. The molecule has 0 amide bonds. The third-order valence-corrected chi connectivity index (χ3v) is 3.77. The molecule has 0 fully saturated rings. The Morgan fingerprint density at radius 2 is 2.20 bits per heavy atom. The van der Waals surface area contributed by atoms with Crippen molar-refractivity contribution in [2.24, 2.45) is 0 Å². The van der Waals surface area contributed by atoms with E-state index in [2.05, 4.69) is 4.98 Å². The van der Waals surface area contributed by atoms with E-state index in [1.165, 1.54) is 12.1 Å². The van der Waals surface area contributed by atoms with Gasteiger partial charge in [-0.2, -0.15) is 0 Å². The van der Waals surface area contributed by atoms with E-state index in [-0.39, 0.29) is 5.82 Å². The van der Waals surface area contributed by atoms with E-state index < -0.39 is 5.60 Å². The second kappa shape index (κ2) is 4.87. The molecule has 0 saturated carbocycles. The van der Waals surface area contributed by atoms with E-state index in [4.69, 9.17) is 4.74 Å². The van der Waals surface area contributed by atoms with Crippen LogP contribution in [-0.2, 0) is 12.0 Å². The first-order valence-electron chi connectivity index (χ1n) is 6.73. The average Bonchev–Trinajstić information content (AvgIpc) is 2.78. The molecule has 3 rings (SSSR count). The van der Waals surface area contributed by atoms with Gasteiger partial charge in [0.15, 0.2) is 0 Å². The average molecular weight is 273 g/mol. The number of fused-ring (bicyclic) bond motifs is 1. The Bertz CT molecular complexity index is 644. The number of aryl methyl sites for hydroxylation is 1. The van der Waals surface area contributed by atoms with Gasteiger partial charge in [0.2, 0.25) is 0 Å². The minimum absolute atomic E-state index is 0.269. The van der Waals surface area contributed by atoms with Crippen molar-refractivity contribution in [2.45, 2.75) is 25.4 Å². The molecule has 0 saturated heterocycles. The Hall–Kier alpha value is -1.94. The van der Waals surface area contributed by atoms with E-state index >= 15 is 0 Å². The summed E-state index contributed by atoms with van der Waals surface area (Å²) in [7, 11) is 0. The zero-order valence-electron chi connectivity index (χ0n) is 11.3. The Morgan fingerprint density at radius 3 is 3.00 bits per heavy atom. The number of benzene rings is 1. The Morgan fingerprint density at radius 1 is 1.35 bits per heavy atom. The Balaban J connectivity index is 2.04. The van der Waals surface area contributed by atoms with Crippen LogP contribution in [0.3, 0.4) is 0 Å². The number of rotatable bonds is 3. The van der Waals surface area contributed by atoms with Gasteiger partial charge in [0.1, 0.15) is 17.2 Å². The highest BCUT2D eigenvalue weighted by atomic mass is 19.1. The number of aromatic nitrogens is 1. The van der Waals surface area contributed by atoms with Crippen LogP contribution in [0.15, 0.2) is 36.7 Å². The van der Waals surface area contributed by atoms with Gasteiger partial charge in [0.05, 0.1) is 12.8 Å². The van der Waals surface area contributed by atoms with E-state index in [9.17, 15) is 9.50 Å². The summed E-state index contributed by atoms with van der Waals surface area (Å²) in [6, 6.07) is 6.34. The fourth-order valence-electron chi connectivity index (χ4n) is 2.81. The Labute approximate surface area is 117 Å². The summed E-state index contributed by atoms with van der Waals surface area (Å²) in [6.07, 6.45) is 4.45. The molecule has 1 heterocycles. The maximum absolute atomic E-state index is 13.3. The lowest BCUT2D eigenvalue weighted by atomic mass is 9.89. The number of aliphatic hydroxyl groups is 1. The van der Waals surface area contributed by atoms with Gasteiger partial charge in [-0.3, -0.25) is 4.98 Å². The van der Waals surface area contributed by atoms with Crippen molar-refractivity contribution in [3.05, 3.63) is 59.2 Å². The van der Waals surface area contributed by atoms with E-state index in [0.717, 1.165) is 11.1 Å². The fraction of sp³-hybridized carbons (Fsp3) is 0.312. The van der Waals surface area contributed by atoms with Crippen molar-refractivity contribution in [3.63, 3.8) is 0 Å². The topological polar surface area (TPSA) is 42.4 Å². The smallest absolute Gasteiger partial charge is 0.137 e. The summed E-state index contributed by atoms with van der Waals surface area (Å²) in [4.78, 5) is 4.12. The van der Waals surface area contributed by atoms with Gasteiger partial charge in [0, 0.05) is 11.8 Å². The molecule has 0 bridgehead atoms. The molecule has 3 nitrogen and oxygen atoms in total. The lowest BCUT2D eigenvalue weighted by Gasteiger charge is -2.24. The SMILES string of the molecule is CCOc1cncc(C2(O)CCc3cc(F)ccc32)c1. The molecule has 0 aliphatic heterocycles. The molecular weight excluding hydrogens is 257 g/mol. The van der Waals surface area contributed by atoms with Crippen LogP contribution in [0.5, 0.6) is 5.75 Å². The van der Waals surface area contributed by atoms with Crippen molar-refractivity contribution < 1.29 is 14.2 Å². The minimum Gasteiger partial charge on any atom is -0.492 e. The van der Waals surface area contributed by atoms with Gasteiger partial charge in [0.25, 0.3) is 0 Å². The number of ether oxygens (including phenoxy) is 1. The molecule has 1 atom stereocenters. The largest absolute Gasteiger partial charge is 0.492 e. The van der Waals surface area contributed by atoms with Gasteiger partial charge < -0.3 is 9.84 Å². The van der Waals surface area contributed by atoms with Crippen LogP contribution in [0.4, 0.5) is 4.39 Å². The van der Waals surface area contributed by atoms with E-state index in [1.807, 2.05) is 6.92 Å². The van der Waals surface area contributed by atoms with Crippen LogP contribution in [0.25, 0.3) is 0 Å². The predicted octanol–water partition coefficient (Wildman–Crippen LogP) is 2.80.